The highest BCUT2D eigenvalue weighted by Crippen LogP contribution is 2.19. The molecule has 7 heteroatoms. The summed E-state index contributed by atoms with van der Waals surface area (Å²) in [5, 5.41) is 14.0. The summed E-state index contributed by atoms with van der Waals surface area (Å²) in [6.07, 6.45) is 0. The van der Waals surface area contributed by atoms with Crippen molar-refractivity contribution in [3.8, 4) is 5.75 Å². The fraction of sp³-hybridized carbons (Fsp3) is 0.389. The van der Waals surface area contributed by atoms with Gasteiger partial charge < -0.3 is 14.7 Å². The highest BCUT2D eigenvalue weighted by atomic mass is 16.5. The molecule has 0 spiro atoms. The Bertz CT molecular complexity index is 785. The smallest absolute Gasteiger partial charge is 0.152 e. The van der Waals surface area contributed by atoms with Crippen LogP contribution >= 0.6 is 0 Å². The molecular formula is C18H23N5O2. The molecule has 25 heavy (non-hydrogen) atoms. The summed E-state index contributed by atoms with van der Waals surface area (Å²) in [5.74, 6) is 2.52. The normalized spacial score (nSPS) is 15.3. The molecular weight excluding hydrogens is 318 g/mol. The van der Waals surface area contributed by atoms with Gasteiger partial charge in [0.15, 0.2) is 5.82 Å². The number of phenols is 1. The average molecular weight is 341 g/mol. The Balaban J connectivity index is 1.77. The van der Waals surface area contributed by atoms with Crippen LogP contribution in [0.5, 0.6) is 5.75 Å². The van der Waals surface area contributed by atoms with Gasteiger partial charge in [-0.1, -0.05) is 0 Å². The minimum atomic E-state index is 0.283. The maximum Gasteiger partial charge on any atom is 0.152 e. The number of hydrogen-bond donors (Lipinski definition) is 2. The van der Waals surface area contributed by atoms with Gasteiger partial charge in [-0.3, -0.25) is 5.43 Å². The van der Waals surface area contributed by atoms with Crippen LogP contribution in [0.1, 0.15) is 23.9 Å². The van der Waals surface area contributed by atoms with Crippen molar-refractivity contribution in [1.29, 1.82) is 0 Å². The Kier molecular flexibility index (Phi) is 5.14. The van der Waals surface area contributed by atoms with Crippen molar-refractivity contribution < 1.29 is 9.84 Å². The van der Waals surface area contributed by atoms with Crippen LogP contribution in [0.15, 0.2) is 29.4 Å². The van der Waals surface area contributed by atoms with E-state index >= 15 is 0 Å². The minimum absolute atomic E-state index is 0.283. The van der Waals surface area contributed by atoms with Crippen LogP contribution < -0.4 is 10.3 Å². The third-order valence-corrected chi connectivity index (χ3v) is 4.11. The number of hydrazone groups is 1. The van der Waals surface area contributed by atoms with E-state index in [0.29, 0.717) is 24.9 Å². The van der Waals surface area contributed by atoms with E-state index in [1.54, 1.807) is 6.07 Å². The lowest BCUT2D eigenvalue weighted by Crippen LogP contribution is -2.36. The molecule has 1 aromatic carbocycles. The number of morpholine rings is 1. The summed E-state index contributed by atoms with van der Waals surface area (Å²) in [6, 6.07) is 7.32. The minimum Gasteiger partial charge on any atom is -0.508 e. The number of anilines is 2. The van der Waals surface area contributed by atoms with Crippen LogP contribution in [-0.4, -0.2) is 47.1 Å². The van der Waals surface area contributed by atoms with E-state index in [2.05, 4.69) is 25.4 Å². The maximum absolute atomic E-state index is 9.63. The fourth-order valence-electron chi connectivity index (χ4n) is 2.65. The van der Waals surface area contributed by atoms with Crippen molar-refractivity contribution in [2.45, 2.75) is 20.8 Å². The molecule has 0 radical (unpaired) electrons. The highest BCUT2D eigenvalue weighted by Gasteiger charge is 2.14. The second kappa shape index (κ2) is 7.48. The lowest BCUT2D eigenvalue weighted by molar-refractivity contribution is 0.122. The van der Waals surface area contributed by atoms with E-state index in [4.69, 9.17) is 4.74 Å². The zero-order chi connectivity index (χ0) is 17.8. The predicted octanol–water partition coefficient (Wildman–Crippen LogP) is 2.47. The molecule has 2 heterocycles. The third kappa shape index (κ3) is 4.24. The SMILES string of the molecule is C/C(=N\Nc1cc(N2CCOCC2)nc(C)n1)c1ccc(O)c(C)c1. The zero-order valence-electron chi connectivity index (χ0n) is 14.8. The zero-order valence-corrected chi connectivity index (χ0v) is 14.8. The topological polar surface area (TPSA) is 82.9 Å². The lowest BCUT2D eigenvalue weighted by Gasteiger charge is -2.28. The van der Waals surface area contributed by atoms with Crippen LogP contribution in [0.4, 0.5) is 11.6 Å². The number of aromatic nitrogens is 2. The molecule has 1 aliphatic heterocycles. The fourth-order valence-corrected chi connectivity index (χ4v) is 2.65. The maximum atomic E-state index is 9.63. The molecule has 1 saturated heterocycles. The summed E-state index contributed by atoms with van der Waals surface area (Å²) in [5.41, 5.74) is 5.59. The van der Waals surface area contributed by atoms with Crippen molar-refractivity contribution in [3.63, 3.8) is 0 Å². The molecule has 0 amide bonds. The van der Waals surface area contributed by atoms with E-state index < -0.39 is 0 Å². The summed E-state index contributed by atoms with van der Waals surface area (Å²) in [7, 11) is 0. The third-order valence-electron chi connectivity index (χ3n) is 4.11. The van der Waals surface area contributed by atoms with E-state index in [1.807, 2.05) is 39.0 Å². The molecule has 0 bridgehead atoms. The highest BCUT2D eigenvalue weighted by molar-refractivity contribution is 5.99. The average Bonchev–Trinajstić information content (AvgIpc) is 2.62. The summed E-state index contributed by atoms with van der Waals surface area (Å²) in [6.45, 7) is 8.72. The van der Waals surface area contributed by atoms with Crippen molar-refractivity contribution in [3.05, 3.63) is 41.2 Å². The molecule has 1 aromatic heterocycles. The van der Waals surface area contributed by atoms with Gasteiger partial charge in [-0.25, -0.2) is 9.97 Å². The molecule has 2 aromatic rings. The summed E-state index contributed by atoms with van der Waals surface area (Å²) < 4.78 is 5.39. The van der Waals surface area contributed by atoms with E-state index in [9.17, 15) is 5.11 Å². The van der Waals surface area contributed by atoms with Gasteiger partial charge in [0.05, 0.1) is 18.9 Å². The first kappa shape index (κ1) is 17.2. The van der Waals surface area contributed by atoms with Crippen LogP contribution in [0.2, 0.25) is 0 Å². The molecule has 0 saturated carbocycles. The summed E-state index contributed by atoms with van der Waals surface area (Å²) in [4.78, 5) is 11.1. The van der Waals surface area contributed by atoms with Gasteiger partial charge in [-0.15, -0.1) is 0 Å². The van der Waals surface area contributed by atoms with Gasteiger partial charge in [-0.05, 0) is 50.1 Å². The Morgan fingerprint density at radius 1 is 1.20 bits per heavy atom. The Hall–Kier alpha value is -2.67. The first-order valence-electron chi connectivity index (χ1n) is 8.31. The number of hydrogen-bond acceptors (Lipinski definition) is 7. The number of benzene rings is 1. The first-order valence-corrected chi connectivity index (χ1v) is 8.31. The van der Waals surface area contributed by atoms with Gasteiger partial charge in [0.1, 0.15) is 17.4 Å². The molecule has 0 unspecified atom stereocenters. The molecule has 3 rings (SSSR count). The number of nitrogens with zero attached hydrogens (tertiary/aromatic N) is 4. The van der Waals surface area contributed by atoms with Crippen LogP contribution in [0.25, 0.3) is 0 Å². The first-order chi connectivity index (χ1) is 12.0. The molecule has 0 atom stereocenters. The second-order valence-electron chi connectivity index (χ2n) is 6.07. The molecule has 1 fully saturated rings. The van der Waals surface area contributed by atoms with Crippen molar-refractivity contribution in [1.82, 2.24) is 9.97 Å². The summed E-state index contributed by atoms with van der Waals surface area (Å²) >= 11 is 0. The second-order valence-corrected chi connectivity index (χ2v) is 6.07. The van der Waals surface area contributed by atoms with Gasteiger partial charge in [-0.2, -0.15) is 5.10 Å². The molecule has 132 valence electrons. The van der Waals surface area contributed by atoms with Gasteiger partial charge >= 0.3 is 0 Å². The number of phenolic OH excluding ortho intramolecular Hbond substituents is 1. The van der Waals surface area contributed by atoms with Gasteiger partial charge in [0.25, 0.3) is 0 Å². The number of nitrogens with one attached hydrogen (secondary N) is 1. The van der Waals surface area contributed by atoms with E-state index in [1.165, 1.54) is 0 Å². The van der Waals surface area contributed by atoms with Crippen LogP contribution in [0.3, 0.4) is 0 Å². The van der Waals surface area contributed by atoms with Crippen LogP contribution in [-0.2, 0) is 4.74 Å². The number of aromatic hydroxyl groups is 1. The molecule has 2 N–H and O–H groups in total. The Morgan fingerprint density at radius 2 is 1.96 bits per heavy atom. The number of aryl methyl sites for hydroxylation is 2. The molecule has 0 aliphatic carbocycles. The number of ether oxygens (including phenoxy) is 1. The molecule has 7 nitrogen and oxygen atoms in total. The van der Waals surface area contributed by atoms with Crippen molar-refractivity contribution in [2.75, 3.05) is 36.6 Å². The van der Waals surface area contributed by atoms with Crippen LogP contribution in [0, 0.1) is 13.8 Å². The van der Waals surface area contributed by atoms with Gasteiger partial charge in [0.2, 0.25) is 0 Å². The monoisotopic (exact) mass is 341 g/mol. The Morgan fingerprint density at radius 3 is 2.68 bits per heavy atom. The van der Waals surface area contributed by atoms with Gasteiger partial charge in [0, 0.05) is 19.2 Å². The van der Waals surface area contributed by atoms with Crippen molar-refractivity contribution >= 4 is 17.3 Å². The quantitative estimate of drug-likeness (QED) is 0.657. The molecule has 1 aliphatic rings. The predicted molar refractivity (Wildman–Crippen MR) is 98.5 cm³/mol. The largest absolute Gasteiger partial charge is 0.508 e. The van der Waals surface area contributed by atoms with E-state index in [0.717, 1.165) is 35.7 Å². The van der Waals surface area contributed by atoms with Crippen molar-refractivity contribution in [2.24, 2.45) is 5.10 Å². The Labute approximate surface area is 147 Å². The number of rotatable bonds is 4. The lowest BCUT2D eigenvalue weighted by atomic mass is 10.1. The standard InChI is InChI=1S/C18H23N5O2/c1-12-10-15(4-5-16(12)24)13(2)21-22-17-11-18(20-14(3)19-17)23-6-8-25-9-7-23/h4-5,10-11,24H,6-9H2,1-3H3,(H,19,20,22)/b21-13+. The van der Waals surface area contributed by atoms with E-state index in [-0.39, 0.29) is 5.75 Å².